The minimum atomic E-state index is -0.552. The number of halogens is 1. The molecule has 0 aliphatic rings. The van der Waals surface area contributed by atoms with Crippen LogP contribution in [0.1, 0.15) is 15.9 Å². The molecule has 0 radical (unpaired) electrons. The lowest BCUT2D eigenvalue weighted by molar-refractivity contribution is -0.385. The summed E-state index contributed by atoms with van der Waals surface area (Å²) in [6, 6.07) is 4.62. The lowest BCUT2D eigenvalue weighted by atomic mass is 10.1. The van der Waals surface area contributed by atoms with Crippen LogP contribution in [0.15, 0.2) is 18.2 Å². The molecule has 5 heteroatoms. The van der Waals surface area contributed by atoms with Crippen molar-refractivity contribution >= 4 is 26.3 Å². The van der Waals surface area contributed by atoms with Crippen LogP contribution in [-0.4, -0.2) is 9.62 Å². The number of rotatable bonds is 2. The van der Waals surface area contributed by atoms with Crippen LogP contribution in [0.5, 0.6) is 0 Å². The number of carbonyl (C=O) groups excluding carboxylic acids is 1. The van der Waals surface area contributed by atoms with Crippen LogP contribution in [-0.2, 0) is 0 Å². The molecule has 0 saturated heterocycles. The van der Waals surface area contributed by atoms with E-state index in [-0.39, 0.29) is 11.3 Å². The van der Waals surface area contributed by atoms with Crippen LogP contribution in [0.3, 0.4) is 0 Å². The highest BCUT2D eigenvalue weighted by molar-refractivity contribution is 9.18. The first-order valence-electron chi connectivity index (χ1n) is 3.48. The fraction of sp³-hybridized carbons (Fsp3) is 0.125. The Morgan fingerprint density at radius 2 is 2.15 bits per heavy atom. The summed E-state index contributed by atoms with van der Waals surface area (Å²) in [4.78, 5) is 21.0. The summed E-state index contributed by atoms with van der Waals surface area (Å²) in [6.45, 7) is 1.59. The van der Waals surface area contributed by atoms with Crippen LogP contribution < -0.4 is 0 Å². The Balaban J connectivity index is 3.43. The van der Waals surface area contributed by atoms with Crippen molar-refractivity contribution in [1.82, 2.24) is 0 Å². The summed E-state index contributed by atoms with van der Waals surface area (Å²) in [5.41, 5.74) is 0.435. The number of para-hydroxylation sites is 1. The summed E-state index contributed by atoms with van der Waals surface area (Å²) in [6.07, 6.45) is 0. The number of benzene rings is 1. The minimum absolute atomic E-state index is 0.0880. The van der Waals surface area contributed by atoms with Gasteiger partial charge in [0.25, 0.3) is 5.69 Å². The van der Waals surface area contributed by atoms with E-state index in [4.69, 9.17) is 0 Å². The lowest BCUT2D eigenvalue weighted by Gasteiger charge is -1.99. The largest absolute Gasteiger partial charge is 0.283 e. The lowest BCUT2D eigenvalue weighted by Crippen LogP contribution is -1.99. The predicted octanol–water partition coefficient (Wildman–Crippen LogP) is 2.44. The third kappa shape index (κ3) is 1.92. The number of nitrogens with zero attached hydrogens (tertiary/aromatic N) is 1. The summed E-state index contributed by atoms with van der Waals surface area (Å²) in [5, 5.41) is 10.6. The van der Waals surface area contributed by atoms with Crippen molar-refractivity contribution in [3.05, 3.63) is 39.4 Å². The molecule has 1 rings (SSSR count). The van der Waals surface area contributed by atoms with Gasteiger partial charge in [0.15, 0.2) is 0 Å². The van der Waals surface area contributed by atoms with E-state index in [1.165, 1.54) is 6.07 Å². The molecular formula is C8H6BrNO3. The smallest absolute Gasteiger partial charge is 0.281 e. The van der Waals surface area contributed by atoms with Gasteiger partial charge in [-0.2, -0.15) is 0 Å². The summed E-state index contributed by atoms with van der Waals surface area (Å²) < 4.78 is -0.470. The predicted molar refractivity (Wildman–Crippen MR) is 51.1 cm³/mol. The second kappa shape index (κ2) is 3.66. The highest BCUT2D eigenvalue weighted by Crippen LogP contribution is 2.24. The van der Waals surface area contributed by atoms with Crippen LogP contribution in [0.2, 0.25) is 0 Å². The fourth-order valence-electron chi connectivity index (χ4n) is 1.06. The third-order valence-corrected chi connectivity index (χ3v) is 2.06. The van der Waals surface area contributed by atoms with Gasteiger partial charge in [-0.05, 0) is 28.9 Å². The van der Waals surface area contributed by atoms with E-state index in [1.807, 2.05) is 0 Å². The zero-order valence-corrected chi connectivity index (χ0v) is 8.37. The van der Waals surface area contributed by atoms with Crippen LogP contribution in [0.4, 0.5) is 5.69 Å². The minimum Gasteiger partial charge on any atom is -0.281 e. The molecule has 0 aromatic heterocycles. The van der Waals surface area contributed by atoms with E-state index in [0.29, 0.717) is 5.56 Å². The Morgan fingerprint density at radius 3 is 2.54 bits per heavy atom. The second-order valence-electron chi connectivity index (χ2n) is 2.50. The Bertz CT molecular complexity index is 376. The number of nitro benzene ring substituents is 1. The molecule has 13 heavy (non-hydrogen) atoms. The second-order valence-corrected chi connectivity index (χ2v) is 3.22. The number of nitro groups is 1. The van der Waals surface area contributed by atoms with Crippen LogP contribution in [0, 0.1) is 17.0 Å². The van der Waals surface area contributed by atoms with Gasteiger partial charge in [0.2, 0.25) is 4.69 Å². The topological polar surface area (TPSA) is 60.2 Å². The van der Waals surface area contributed by atoms with E-state index in [1.54, 1.807) is 19.1 Å². The quantitative estimate of drug-likeness (QED) is 0.456. The normalized spacial score (nSPS) is 9.69. The number of hydrogen-bond donors (Lipinski definition) is 0. The average Bonchev–Trinajstić information content (AvgIpc) is 2.02. The molecule has 0 fully saturated rings. The molecule has 1 aromatic rings. The number of hydrogen-bond acceptors (Lipinski definition) is 3. The average molecular weight is 244 g/mol. The number of carbonyl (C=O) groups is 1. The third-order valence-electron chi connectivity index (χ3n) is 1.63. The number of aryl methyl sites for hydroxylation is 1. The van der Waals surface area contributed by atoms with Crippen molar-refractivity contribution in [2.45, 2.75) is 6.92 Å². The van der Waals surface area contributed by atoms with Gasteiger partial charge in [0.05, 0.1) is 4.92 Å². The molecular weight excluding hydrogens is 238 g/mol. The maximum absolute atomic E-state index is 10.9. The van der Waals surface area contributed by atoms with Gasteiger partial charge in [0.1, 0.15) is 5.56 Å². The standard InChI is InChI=1S/C8H6BrNO3/c1-5-3-2-4-6(8(9)11)7(5)10(12)13/h2-4H,1H3. The molecule has 68 valence electrons. The molecule has 0 atom stereocenters. The highest BCUT2D eigenvalue weighted by Gasteiger charge is 2.20. The maximum Gasteiger partial charge on any atom is 0.283 e. The summed E-state index contributed by atoms with van der Waals surface area (Å²) in [7, 11) is 0. The van der Waals surface area contributed by atoms with Crippen LogP contribution >= 0.6 is 15.9 Å². The first-order valence-corrected chi connectivity index (χ1v) is 4.27. The van der Waals surface area contributed by atoms with Crippen molar-refractivity contribution < 1.29 is 9.72 Å². The zero-order valence-electron chi connectivity index (χ0n) is 6.78. The Morgan fingerprint density at radius 1 is 1.54 bits per heavy atom. The fourth-order valence-corrected chi connectivity index (χ4v) is 1.38. The Labute approximate surface area is 82.8 Å². The van der Waals surface area contributed by atoms with Crippen molar-refractivity contribution in [3.63, 3.8) is 0 Å². The molecule has 0 amide bonds. The Hall–Kier alpha value is -1.23. The van der Waals surface area contributed by atoms with Gasteiger partial charge in [-0.3, -0.25) is 14.9 Å². The molecule has 4 nitrogen and oxygen atoms in total. The molecule has 0 heterocycles. The first-order chi connectivity index (χ1) is 6.04. The summed E-state index contributed by atoms with van der Waals surface area (Å²) >= 11 is 2.69. The maximum atomic E-state index is 10.9. The van der Waals surface area contributed by atoms with E-state index in [2.05, 4.69) is 15.9 Å². The van der Waals surface area contributed by atoms with Gasteiger partial charge >= 0.3 is 0 Å². The van der Waals surface area contributed by atoms with Crippen molar-refractivity contribution in [2.24, 2.45) is 0 Å². The van der Waals surface area contributed by atoms with Crippen LogP contribution in [0.25, 0.3) is 0 Å². The molecule has 0 bridgehead atoms. The Kier molecular flexibility index (Phi) is 2.77. The van der Waals surface area contributed by atoms with Gasteiger partial charge in [0, 0.05) is 5.56 Å². The SMILES string of the molecule is Cc1cccc(C(=O)Br)c1[N+](=O)[O-]. The van der Waals surface area contributed by atoms with Crippen molar-refractivity contribution in [2.75, 3.05) is 0 Å². The molecule has 1 aromatic carbocycles. The van der Waals surface area contributed by atoms with E-state index < -0.39 is 9.62 Å². The van der Waals surface area contributed by atoms with Crippen molar-refractivity contribution in [3.8, 4) is 0 Å². The molecule has 0 N–H and O–H groups in total. The van der Waals surface area contributed by atoms with Gasteiger partial charge < -0.3 is 0 Å². The van der Waals surface area contributed by atoms with Gasteiger partial charge in [-0.25, -0.2) is 0 Å². The molecule has 0 spiro atoms. The monoisotopic (exact) mass is 243 g/mol. The van der Waals surface area contributed by atoms with E-state index in [0.717, 1.165) is 0 Å². The van der Waals surface area contributed by atoms with Crippen molar-refractivity contribution in [1.29, 1.82) is 0 Å². The molecule has 0 unspecified atom stereocenters. The van der Waals surface area contributed by atoms with E-state index >= 15 is 0 Å². The molecule has 0 aliphatic carbocycles. The van der Waals surface area contributed by atoms with Gasteiger partial charge in [-0.15, -0.1) is 0 Å². The molecule has 0 aliphatic heterocycles. The van der Waals surface area contributed by atoms with E-state index in [9.17, 15) is 14.9 Å². The first kappa shape index (κ1) is 9.85. The van der Waals surface area contributed by atoms with Gasteiger partial charge in [-0.1, -0.05) is 12.1 Å². The molecule has 0 saturated carbocycles. The highest BCUT2D eigenvalue weighted by atomic mass is 79.9. The zero-order chi connectivity index (χ0) is 10.0. The summed E-state index contributed by atoms with van der Waals surface area (Å²) in [5.74, 6) is 0.